The molecule has 0 heterocycles. The van der Waals surface area contributed by atoms with Crippen LogP contribution in [0.2, 0.25) is 0 Å². The van der Waals surface area contributed by atoms with Crippen LogP contribution in [-0.2, 0) is 4.79 Å². The second-order valence-corrected chi connectivity index (χ2v) is 4.49. The molecular formula is C16H17NO3. The minimum atomic E-state index is -0.593. The first kappa shape index (κ1) is 13.9. The lowest BCUT2D eigenvalue weighted by Gasteiger charge is -2.14. The minimum Gasteiger partial charge on any atom is -0.508 e. The van der Waals surface area contributed by atoms with Gasteiger partial charge in [-0.05, 0) is 42.0 Å². The summed E-state index contributed by atoms with van der Waals surface area (Å²) >= 11 is 0. The number of ether oxygens (including phenoxy) is 1. The standard InChI is InChI=1S/C16H17NO3/c1-3-8-17-16(19)11(2)20-15-7-5-12-4-6-14(18)9-13(12)10-15/h3-7,9-11,18H,1,8H2,2H3,(H,17,19). The molecule has 20 heavy (non-hydrogen) atoms. The van der Waals surface area contributed by atoms with Crippen LogP contribution in [0.15, 0.2) is 49.1 Å². The van der Waals surface area contributed by atoms with E-state index in [2.05, 4.69) is 11.9 Å². The largest absolute Gasteiger partial charge is 0.508 e. The van der Waals surface area contributed by atoms with E-state index in [-0.39, 0.29) is 11.7 Å². The molecule has 0 spiro atoms. The maximum atomic E-state index is 11.7. The lowest BCUT2D eigenvalue weighted by atomic mass is 10.1. The van der Waals surface area contributed by atoms with Crippen molar-refractivity contribution in [3.63, 3.8) is 0 Å². The second-order valence-electron chi connectivity index (χ2n) is 4.49. The number of phenols is 1. The number of amides is 1. The molecule has 1 atom stereocenters. The van der Waals surface area contributed by atoms with Crippen LogP contribution in [0.25, 0.3) is 10.8 Å². The number of nitrogens with one attached hydrogen (secondary N) is 1. The first-order chi connectivity index (χ1) is 9.60. The van der Waals surface area contributed by atoms with E-state index in [4.69, 9.17) is 4.74 Å². The third-order valence-electron chi connectivity index (χ3n) is 2.90. The van der Waals surface area contributed by atoms with Crippen molar-refractivity contribution in [3.8, 4) is 11.5 Å². The molecule has 2 rings (SSSR count). The van der Waals surface area contributed by atoms with Crippen LogP contribution in [0.1, 0.15) is 6.92 Å². The van der Waals surface area contributed by atoms with Gasteiger partial charge in [-0.25, -0.2) is 0 Å². The Balaban J connectivity index is 2.13. The van der Waals surface area contributed by atoms with Crippen LogP contribution in [-0.4, -0.2) is 23.7 Å². The van der Waals surface area contributed by atoms with Crippen molar-refractivity contribution in [2.45, 2.75) is 13.0 Å². The maximum Gasteiger partial charge on any atom is 0.261 e. The minimum absolute atomic E-state index is 0.194. The summed E-state index contributed by atoms with van der Waals surface area (Å²) < 4.78 is 5.59. The van der Waals surface area contributed by atoms with E-state index >= 15 is 0 Å². The smallest absolute Gasteiger partial charge is 0.261 e. The van der Waals surface area contributed by atoms with E-state index < -0.39 is 6.10 Å². The molecule has 2 aromatic rings. The van der Waals surface area contributed by atoms with E-state index in [1.165, 1.54) is 0 Å². The Labute approximate surface area is 117 Å². The molecular weight excluding hydrogens is 254 g/mol. The summed E-state index contributed by atoms with van der Waals surface area (Å²) in [4.78, 5) is 11.7. The van der Waals surface area contributed by atoms with Crippen LogP contribution in [0, 0.1) is 0 Å². The van der Waals surface area contributed by atoms with Gasteiger partial charge in [0.05, 0.1) is 0 Å². The third-order valence-corrected chi connectivity index (χ3v) is 2.90. The van der Waals surface area contributed by atoms with Crippen LogP contribution >= 0.6 is 0 Å². The van der Waals surface area contributed by atoms with Crippen molar-refractivity contribution in [1.29, 1.82) is 0 Å². The van der Waals surface area contributed by atoms with E-state index in [9.17, 15) is 9.90 Å². The topological polar surface area (TPSA) is 58.6 Å². The number of fused-ring (bicyclic) bond motifs is 1. The number of carbonyl (C=O) groups excluding carboxylic acids is 1. The molecule has 0 aliphatic rings. The van der Waals surface area contributed by atoms with Crippen molar-refractivity contribution in [3.05, 3.63) is 49.1 Å². The summed E-state index contributed by atoms with van der Waals surface area (Å²) in [6, 6.07) is 10.6. The third kappa shape index (κ3) is 3.29. The maximum absolute atomic E-state index is 11.7. The normalized spacial score (nSPS) is 11.8. The van der Waals surface area contributed by atoms with Gasteiger partial charge in [0.1, 0.15) is 11.5 Å². The molecule has 4 heteroatoms. The van der Waals surface area contributed by atoms with Gasteiger partial charge in [-0.3, -0.25) is 4.79 Å². The number of carbonyl (C=O) groups is 1. The molecule has 2 aromatic carbocycles. The first-order valence-electron chi connectivity index (χ1n) is 6.38. The molecule has 1 amide bonds. The van der Waals surface area contributed by atoms with Gasteiger partial charge in [-0.1, -0.05) is 18.2 Å². The molecule has 0 aromatic heterocycles. The summed E-state index contributed by atoms with van der Waals surface area (Å²) in [5.74, 6) is 0.594. The van der Waals surface area contributed by atoms with Gasteiger partial charge in [0.25, 0.3) is 5.91 Å². The predicted molar refractivity (Wildman–Crippen MR) is 78.9 cm³/mol. The summed E-state index contributed by atoms with van der Waals surface area (Å²) in [6.07, 6.45) is 1.02. The number of phenolic OH excluding ortho intramolecular Hbond substituents is 1. The summed E-state index contributed by atoms with van der Waals surface area (Å²) in [5.41, 5.74) is 0. The van der Waals surface area contributed by atoms with Crippen LogP contribution < -0.4 is 10.1 Å². The summed E-state index contributed by atoms with van der Waals surface area (Å²) in [5, 5.41) is 14.0. The molecule has 0 saturated heterocycles. The molecule has 0 fully saturated rings. The monoisotopic (exact) mass is 271 g/mol. The van der Waals surface area contributed by atoms with E-state index in [1.807, 2.05) is 12.1 Å². The van der Waals surface area contributed by atoms with E-state index in [0.717, 1.165) is 10.8 Å². The Hall–Kier alpha value is -2.49. The zero-order valence-electron chi connectivity index (χ0n) is 11.3. The number of hydrogen-bond donors (Lipinski definition) is 2. The molecule has 0 saturated carbocycles. The SMILES string of the molecule is C=CCNC(=O)C(C)Oc1ccc2ccc(O)cc2c1. The average molecular weight is 271 g/mol. The molecule has 0 radical (unpaired) electrons. The summed E-state index contributed by atoms with van der Waals surface area (Å²) in [7, 11) is 0. The van der Waals surface area contributed by atoms with Gasteiger partial charge >= 0.3 is 0 Å². The van der Waals surface area contributed by atoms with Gasteiger partial charge in [0.15, 0.2) is 6.10 Å². The first-order valence-corrected chi connectivity index (χ1v) is 6.38. The highest BCUT2D eigenvalue weighted by molar-refractivity contribution is 5.85. The highest BCUT2D eigenvalue weighted by Crippen LogP contribution is 2.24. The van der Waals surface area contributed by atoms with Crippen LogP contribution in [0.4, 0.5) is 0 Å². The Bertz CT molecular complexity index is 637. The fraction of sp³-hybridized carbons (Fsp3) is 0.188. The lowest BCUT2D eigenvalue weighted by Crippen LogP contribution is -2.36. The van der Waals surface area contributed by atoms with Crippen molar-refractivity contribution in [1.82, 2.24) is 5.32 Å². The Kier molecular flexibility index (Phi) is 4.25. The van der Waals surface area contributed by atoms with Gasteiger partial charge in [0, 0.05) is 6.54 Å². The molecule has 0 aliphatic carbocycles. The average Bonchev–Trinajstić information content (AvgIpc) is 2.44. The van der Waals surface area contributed by atoms with Crippen molar-refractivity contribution in [2.75, 3.05) is 6.54 Å². The molecule has 0 bridgehead atoms. The zero-order chi connectivity index (χ0) is 14.5. The number of aromatic hydroxyl groups is 1. The zero-order valence-corrected chi connectivity index (χ0v) is 11.3. The predicted octanol–water partition coefficient (Wildman–Crippen LogP) is 2.61. The molecule has 0 aliphatic heterocycles. The van der Waals surface area contributed by atoms with E-state index in [0.29, 0.717) is 12.3 Å². The lowest BCUT2D eigenvalue weighted by molar-refractivity contribution is -0.127. The van der Waals surface area contributed by atoms with Gasteiger partial charge < -0.3 is 15.2 Å². The van der Waals surface area contributed by atoms with Crippen molar-refractivity contribution >= 4 is 16.7 Å². The van der Waals surface area contributed by atoms with Crippen LogP contribution in [0.5, 0.6) is 11.5 Å². The highest BCUT2D eigenvalue weighted by Gasteiger charge is 2.13. The van der Waals surface area contributed by atoms with E-state index in [1.54, 1.807) is 37.3 Å². The van der Waals surface area contributed by atoms with Crippen molar-refractivity contribution in [2.24, 2.45) is 0 Å². The van der Waals surface area contributed by atoms with Gasteiger partial charge in [-0.15, -0.1) is 6.58 Å². The fourth-order valence-electron chi connectivity index (χ4n) is 1.86. The number of benzene rings is 2. The fourth-order valence-corrected chi connectivity index (χ4v) is 1.86. The van der Waals surface area contributed by atoms with Gasteiger partial charge in [-0.2, -0.15) is 0 Å². The van der Waals surface area contributed by atoms with Crippen molar-refractivity contribution < 1.29 is 14.6 Å². The number of rotatable bonds is 5. The van der Waals surface area contributed by atoms with Gasteiger partial charge in [0.2, 0.25) is 0 Å². The summed E-state index contributed by atoms with van der Waals surface area (Å²) in [6.45, 7) is 5.64. The Morgan fingerprint density at radius 1 is 1.35 bits per heavy atom. The second kappa shape index (κ2) is 6.10. The number of hydrogen-bond acceptors (Lipinski definition) is 3. The molecule has 2 N–H and O–H groups in total. The Morgan fingerprint density at radius 3 is 2.85 bits per heavy atom. The highest BCUT2D eigenvalue weighted by atomic mass is 16.5. The Morgan fingerprint density at radius 2 is 2.10 bits per heavy atom. The molecule has 104 valence electrons. The molecule has 4 nitrogen and oxygen atoms in total. The van der Waals surface area contributed by atoms with Crippen LogP contribution in [0.3, 0.4) is 0 Å². The molecule has 1 unspecified atom stereocenters. The quantitative estimate of drug-likeness (QED) is 0.822.